The molecule has 4 heteroatoms. The molecule has 0 saturated carbocycles. The molecule has 1 unspecified atom stereocenters. The van der Waals surface area contributed by atoms with Gasteiger partial charge in [0.05, 0.1) is 18.8 Å². The number of fused-ring (bicyclic) bond motifs is 2. The van der Waals surface area contributed by atoms with Gasteiger partial charge in [0.25, 0.3) is 0 Å². The number of halogens is 1. The summed E-state index contributed by atoms with van der Waals surface area (Å²) < 4.78 is 17.2. The number of benzene rings is 1. The van der Waals surface area contributed by atoms with Crippen molar-refractivity contribution < 1.29 is 14.2 Å². The third kappa shape index (κ3) is 1.32. The Bertz CT molecular complexity index is 374. The van der Waals surface area contributed by atoms with Gasteiger partial charge in [-0.2, -0.15) is 0 Å². The van der Waals surface area contributed by atoms with Crippen LogP contribution >= 0.6 is 15.9 Å². The summed E-state index contributed by atoms with van der Waals surface area (Å²) in [6.07, 6.45) is 0. The summed E-state index contributed by atoms with van der Waals surface area (Å²) in [4.78, 5) is 0.0439. The molecule has 2 aliphatic heterocycles. The lowest BCUT2D eigenvalue weighted by Crippen LogP contribution is -2.44. The van der Waals surface area contributed by atoms with Crippen LogP contribution in [0.25, 0.3) is 0 Å². The third-order valence-corrected chi connectivity index (χ3v) is 3.64. The smallest absolute Gasteiger partial charge is 0.214 e. The summed E-state index contributed by atoms with van der Waals surface area (Å²) in [6.45, 7) is 1.84. The predicted molar refractivity (Wildman–Crippen MR) is 58.2 cm³/mol. The molecule has 0 N–H and O–H groups in total. The van der Waals surface area contributed by atoms with Crippen LogP contribution in [0.3, 0.4) is 0 Å². The van der Waals surface area contributed by atoms with E-state index in [0.29, 0.717) is 19.8 Å². The lowest BCUT2D eigenvalue weighted by Gasteiger charge is -2.37. The summed E-state index contributed by atoms with van der Waals surface area (Å²) in [5, 5.41) is 0. The summed E-state index contributed by atoms with van der Waals surface area (Å²) >= 11 is 3.57. The number of ether oxygens (including phenoxy) is 3. The molecule has 3 rings (SSSR count). The standard InChI is InChI=1S/C11H11BrO3/c12-10-7-13-9-4-2-1-3-8(9)11(10)14-5-6-15-11/h1-4,10H,5-7H2. The van der Waals surface area contributed by atoms with Gasteiger partial charge in [-0.05, 0) is 12.1 Å². The molecule has 1 atom stereocenters. The first-order valence-corrected chi connectivity index (χ1v) is 5.89. The zero-order valence-corrected chi connectivity index (χ0v) is 9.70. The van der Waals surface area contributed by atoms with E-state index >= 15 is 0 Å². The van der Waals surface area contributed by atoms with Crippen molar-refractivity contribution in [1.82, 2.24) is 0 Å². The molecular weight excluding hydrogens is 260 g/mol. The first-order chi connectivity index (χ1) is 7.33. The van der Waals surface area contributed by atoms with E-state index in [1.54, 1.807) is 0 Å². The van der Waals surface area contributed by atoms with Gasteiger partial charge in [0.2, 0.25) is 5.79 Å². The van der Waals surface area contributed by atoms with Gasteiger partial charge < -0.3 is 14.2 Å². The van der Waals surface area contributed by atoms with Crippen molar-refractivity contribution in [3.8, 4) is 5.75 Å². The molecule has 0 radical (unpaired) electrons. The van der Waals surface area contributed by atoms with E-state index in [1.165, 1.54) is 0 Å². The number of para-hydroxylation sites is 1. The van der Waals surface area contributed by atoms with Gasteiger partial charge in [0.15, 0.2) is 0 Å². The molecule has 1 aromatic rings. The second-order valence-electron chi connectivity index (χ2n) is 3.64. The first kappa shape index (κ1) is 9.63. The van der Waals surface area contributed by atoms with Gasteiger partial charge in [-0.25, -0.2) is 0 Å². The molecule has 15 heavy (non-hydrogen) atoms. The van der Waals surface area contributed by atoms with Crippen LogP contribution in [0.5, 0.6) is 5.75 Å². The molecule has 2 heterocycles. The fraction of sp³-hybridized carbons (Fsp3) is 0.455. The van der Waals surface area contributed by atoms with Crippen molar-refractivity contribution in [2.45, 2.75) is 10.6 Å². The van der Waals surface area contributed by atoms with Crippen molar-refractivity contribution in [2.75, 3.05) is 19.8 Å². The molecule has 0 aliphatic carbocycles. The van der Waals surface area contributed by atoms with E-state index in [4.69, 9.17) is 14.2 Å². The van der Waals surface area contributed by atoms with Crippen LogP contribution in [0.4, 0.5) is 0 Å². The van der Waals surface area contributed by atoms with E-state index in [0.717, 1.165) is 11.3 Å². The highest BCUT2D eigenvalue weighted by Gasteiger charge is 2.49. The number of hydrogen-bond donors (Lipinski definition) is 0. The average Bonchev–Trinajstić information content (AvgIpc) is 2.75. The summed E-state index contributed by atoms with van der Waals surface area (Å²) in [5.74, 6) is 0.213. The maximum absolute atomic E-state index is 5.77. The molecule has 1 spiro atoms. The summed E-state index contributed by atoms with van der Waals surface area (Å²) in [7, 11) is 0. The normalized spacial score (nSPS) is 27.4. The Balaban J connectivity index is 2.13. The topological polar surface area (TPSA) is 27.7 Å². The summed E-state index contributed by atoms with van der Waals surface area (Å²) in [6, 6.07) is 7.87. The molecule has 0 bridgehead atoms. The van der Waals surface area contributed by atoms with Gasteiger partial charge in [0.1, 0.15) is 17.2 Å². The van der Waals surface area contributed by atoms with Crippen molar-refractivity contribution in [3.05, 3.63) is 29.8 Å². The van der Waals surface area contributed by atoms with Crippen molar-refractivity contribution in [3.63, 3.8) is 0 Å². The van der Waals surface area contributed by atoms with Crippen LogP contribution in [0, 0.1) is 0 Å². The van der Waals surface area contributed by atoms with Gasteiger partial charge >= 0.3 is 0 Å². The molecule has 1 fully saturated rings. The van der Waals surface area contributed by atoms with Crippen LogP contribution in [0.1, 0.15) is 5.56 Å². The second kappa shape index (κ2) is 3.47. The van der Waals surface area contributed by atoms with Gasteiger partial charge in [-0.3, -0.25) is 0 Å². The maximum Gasteiger partial charge on any atom is 0.214 e. The SMILES string of the molecule is BrC1COc2ccccc2C12OCCO2. The van der Waals surface area contributed by atoms with Crippen molar-refractivity contribution >= 4 is 15.9 Å². The van der Waals surface area contributed by atoms with Crippen LogP contribution < -0.4 is 4.74 Å². The van der Waals surface area contributed by atoms with Crippen molar-refractivity contribution in [2.24, 2.45) is 0 Å². The Morgan fingerprint density at radius 1 is 1.20 bits per heavy atom. The monoisotopic (exact) mass is 270 g/mol. The predicted octanol–water partition coefficient (Wildman–Crippen LogP) is 2.04. The van der Waals surface area contributed by atoms with E-state index in [2.05, 4.69) is 15.9 Å². The average molecular weight is 271 g/mol. The largest absolute Gasteiger partial charge is 0.492 e. The molecule has 3 nitrogen and oxygen atoms in total. The van der Waals surface area contributed by atoms with E-state index < -0.39 is 5.79 Å². The fourth-order valence-electron chi connectivity index (χ4n) is 2.09. The molecule has 0 aromatic heterocycles. The minimum Gasteiger partial charge on any atom is -0.492 e. The highest BCUT2D eigenvalue weighted by atomic mass is 79.9. The fourth-order valence-corrected chi connectivity index (χ4v) is 2.73. The van der Waals surface area contributed by atoms with Crippen LogP contribution in [-0.4, -0.2) is 24.6 Å². The van der Waals surface area contributed by atoms with Gasteiger partial charge in [0, 0.05) is 0 Å². The lowest BCUT2D eigenvalue weighted by molar-refractivity contribution is -0.176. The Morgan fingerprint density at radius 2 is 1.93 bits per heavy atom. The second-order valence-corrected chi connectivity index (χ2v) is 4.74. The minimum absolute atomic E-state index is 0.0439. The first-order valence-electron chi connectivity index (χ1n) is 4.97. The number of alkyl halides is 1. The minimum atomic E-state index is -0.644. The van der Waals surface area contributed by atoms with E-state index in [-0.39, 0.29) is 4.83 Å². The highest BCUT2D eigenvalue weighted by Crippen LogP contribution is 2.45. The van der Waals surface area contributed by atoms with E-state index in [9.17, 15) is 0 Å². The van der Waals surface area contributed by atoms with Crippen LogP contribution in [0.2, 0.25) is 0 Å². The Kier molecular flexibility index (Phi) is 2.23. The molecule has 0 amide bonds. The highest BCUT2D eigenvalue weighted by molar-refractivity contribution is 9.09. The van der Waals surface area contributed by atoms with Crippen molar-refractivity contribution in [1.29, 1.82) is 0 Å². The number of rotatable bonds is 0. The van der Waals surface area contributed by atoms with Gasteiger partial charge in [-0.1, -0.05) is 28.1 Å². The summed E-state index contributed by atoms with van der Waals surface area (Å²) in [5.41, 5.74) is 0.982. The zero-order chi connectivity index (χ0) is 10.3. The quantitative estimate of drug-likeness (QED) is 0.676. The van der Waals surface area contributed by atoms with Crippen LogP contribution in [-0.2, 0) is 15.3 Å². The van der Waals surface area contributed by atoms with Gasteiger partial charge in [-0.15, -0.1) is 0 Å². The lowest BCUT2D eigenvalue weighted by atomic mass is 9.99. The Hall–Kier alpha value is -0.580. The maximum atomic E-state index is 5.77. The molecular formula is C11H11BrO3. The molecule has 2 aliphatic rings. The van der Waals surface area contributed by atoms with Crippen LogP contribution in [0.15, 0.2) is 24.3 Å². The molecule has 1 aromatic carbocycles. The third-order valence-electron chi connectivity index (χ3n) is 2.78. The van der Waals surface area contributed by atoms with E-state index in [1.807, 2.05) is 24.3 Å². The number of hydrogen-bond acceptors (Lipinski definition) is 3. The Labute approximate surface area is 96.5 Å². The molecule has 80 valence electrons. The Morgan fingerprint density at radius 3 is 2.73 bits per heavy atom. The molecule has 1 saturated heterocycles. The zero-order valence-electron chi connectivity index (χ0n) is 8.11.